The van der Waals surface area contributed by atoms with Gasteiger partial charge in [-0.1, -0.05) is 18.2 Å². The zero-order chi connectivity index (χ0) is 18.7. The van der Waals surface area contributed by atoms with Crippen molar-refractivity contribution in [1.29, 1.82) is 0 Å². The molecule has 0 saturated carbocycles. The number of carbonyl (C=O) groups is 3. The van der Waals surface area contributed by atoms with Crippen LogP contribution in [0.5, 0.6) is 0 Å². The van der Waals surface area contributed by atoms with Gasteiger partial charge in [-0.15, -0.1) is 23.1 Å². The summed E-state index contributed by atoms with van der Waals surface area (Å²) < 4.78 is 0. The fourth-order valence-electron chi connectivity index (χ4n) is 3.24. The normalized spacial score (nSPS) is 17.2. The number of Topliss-reactive ketones (excluding diaryl/α,β-unsaturated/α-hetero) is 2. The smallest absolute Gasteiger partial charge is 0.263 e. The number of carbonyl (C=O) groups excluding carboxylic acids is 3. The quantitative estimate of drug-likeness (QED) is 0.563. The number of rotatable bonds is 5. The molecule has 2 aromatic rings. The van der Waals surface area contributed by atoms with Gasteiger partial charge < -0.3 is 4.90 Å². The van der Waals surface area contributed by atoms with E-state index in [4.69, 9.17) is 0 Å². The predicted octanol–water partition coefficient (Wildman–Crippen LogP) is 4.41. The average Bonchev–Trinajstić information content (AvgIpc) is 3.17. The Balaban J connectivity index is 1.75. The first-order valence-electron chi connectivity index (χ1n) is 8.58. The van der Waals surface area contributed by atoms with Crippen LogP contribution in [-0.4, -0.2) is 41.7 Å². The zero-order valence-corrected chi connectivity index (χ0v) is 16.5. The van der Waals surface area contributed by atoms with Crippen LogP contribution >= 0.6 is 23.1 Å². The molecule has 136 valence electrons. The highest BCUT2D eigenvalue weighted by atomic mass is 32.2. The van der Waals surface area contributed by atoms with Crippen LogP contribution in [0.25, 0.3) is 0 Å². The van der Waals surface area contributed by atoms with Gasteiger partial charge in [0, 0.05) is 29.5 Å². The Kier molecular flexibility index (Phi) is 5.94. The second-order valence-corrected chi connectivity index (χ2v) is 8.31. The van der Waals surface area contributed by atoms with Crippen molar-refractivity contribution in [3.8, 4) is 0 Å². The highest BCUT2D eigenvalue weighted by molar-refractivity contribution is 7.98. The summed E-state index contributed by atoms with van der Waals surface area (Å²) in [5.41, 5.74) is 0.745. The van der Waals surface area contributed by atoms with Crippen molar-refractivity contribution in [3.63, 3.8) is 0 Å². The third kappa shape index (κ3) is 3.91. The number of likely N-dealkylation sites (tertiary alicyclic amines) is 1. The van der Waals surface area contributed by atoms with Crippen molar-refractivity contribution in [2.24, 2.45) is 5.92 Å². The van der Waals surface area contributed by atoms with Crippen molar-refractivity contribution in [2.75, 3.05) is 19.3 Å². The Morgan fingerprint density at radius 1 is 1.12 bits per heavy atom. The molecule has 1 aliphatic rings. The number of thiophene rings is 1. The Hall–Kier alpha value is -1.92. The van der Waals surface area contributed by atoms with E-state index in [2.05, 4.69) is 0 Å². The number of hydrogen-bond donors (Lipinski definition) is 0. The molecule has 1 fully saturated rings. The summed E-state index contributed by atoms with van der Waals surface area (Å²) in [4.78, 5) is 41.1. The van der Waals surface area contributed by atoms with Gasteiger partial charge in [0.1, 0.15) is 0 Å². The molecule has 6 heteroatoms. The Morgan fingerprint density at radius 3 is 2.54 bits per heavy atom. The van der Waals surface area contributed by atoms with Crippen LogP contribution < -0.4 is 0 Å². The summed E-state index contributed by atoms with van der Waals surface area (Å²) >= 11 is 2.79. The van der Waals surface area contributed by atoms with E-state index in [-0.39, 0.29) is 23.4 Å². The maximum atomic E-state index is 13.0. The van der Waals surface area contributed by atoms with Gasteiger partial charge in [-0.3, -0.25) is 14.4 Å². The number of nitrogens with zero attached hydrogens (tertiary/aromatic N) is 1. The molecule has 4 nitrogen and oxygen atoms in total. The van der Waals surface area contributed by atoms with E-state index in [0.29, 0.717) is 22.8 Å². The van der Waals surface area contributed by atoms with E-state index in [0.717, 1.165) is 23.3 Å². The molecule has 26 heavy (non-hydrogen) atoms. The van der Waals surface area contributed by atoms with Crippen LogP contribution in [-0.2, 0) is 0 Å². The van der Waals surface area contributed by atoms with Crippen molar-refractivity contribution >= 4 is 40.6 Å². The summed E-state index contributed by atoms with van der Waals surface area (Å²) in [5, 5.41) is 0. The molecule has 1 aromatic heterocycles. The number of thioether (sulfide) groups is 1. The van der Waals surface area contributed by atoms with Gasteiger partial charge in [-0.25, -0.2) is 0 Å². The molecular formula is C20H21NO3S2. The van der Waals surface area contributed by atoms with E-state index in [1.807, 2.05) is 30.5 Å². The minimum absolute atomic E-state index is 0.0329. The Bertz CT molecular complexity index is 843. The highest BCUT2D eigenvalue weighted by Crippen LogP contribution is 2.28. The maximum absolute atomic E-state index is 13.0. The van der Waals surface area contributed by atoms with E-state index < -0.39 is 0 Å². The molecule has 2 heterocycles. The molecule has 0 spiro atoms. The SMILES string of the molecule is CSc1ccccc1C(=O)[C@@H]1CCCN(C(=O)c2ccc(C(C)=O)s2)C1. The molecule has 0 N–H and O–H groups in total. The van der Waals surface area contributed by atoms with E-state index in [1.54, 1.807) is 28.8 Å². The number of benzene rings is 1. The van der Waals surface area contributed by atoms with Crippen LogP contribution in [0.3, 0.4) is 0 Å². The van der Waals surface area contributed by atoms with E-state index >= 15 is 0 Å². The molecule has 1 saturated heterocycles. The minimum atomic E-state index is -0.173. The van der Waals surface area contributed by atoms with Crippen molar-refractivity contribution < 1.29 is 14.4 Å². The van der Waals surface area contributed by atoms with Gasteiger partial charge >= 0.3 is 0 Å². The van der Waals surface area contributed by atoms with E-state index in [1.165, 1.54) is 18.3 Å². The molecule has 1 amide bonds. The largest absolute Gasteiger partial charge is 0.337 e. The second-order valence-electron chi connectivity index (χ2n) is 6.37. The van der Waals surface area contributed by atoms with Crippen molar-refractivity contribution in [1.82, 2.24) is 4.90 Å². The molecular weight excluding hydrogens is 366 g/mol. The standard InChI is InChI=1S/C20H21NO3S2/c1-13(22)16-9-10-18(26-16)20(24)21-11-5-6-14(12-21)19(23)15-7-3-4-8-17(15)25-2/h3-4,7-10,14H,5-6,11-12H2,1-2H3/t14-/m1/s1. The fourth-order valence-corrected chi connectivity index (χ4v) is 4.71. The number of ketones is 2. The molecule has 0 aliphatic carbocycles. The Morgan fingerprint density at radius 2 is 1.85 bits per heavy atom. The summed E-state index contributed by atoms with van der Waals surface area (Å²) in [7, 11) is 0. The summed E-state index contributed by atoms with van der Waals surface area (Å²) in [6, 6.07) is 11.0. The van der Waals surface area contributed by atoms with Crippen LogP contribution in [0, 0.1) is 5.92 Å². The van der Waals surface area contributed by atoms with Gasteiger partial charge in [-0.05, 0) is 44.2 Å². The van der Waals surface area contributed by atoms with Crippen LogP contribution in [0.4, 0.5) is 0 Å². The number of piperidine rings is 1. The van der Waals surface area contributed by atoms with Crippen molar-refractivity contribution in [3.05, 3.63) is 51.7 Å². The first kappa shape index (κ1) is 18.9. The summed E-state index contributed by atoms with van der Waals surface area (Å²) in [5.74, 6) is -0.177. The molecule has 0 bridgehead atoms. The molecule has 0 radical (unpaired) electrons. The minimum Gasteiger partial charge on any atom is -0.337 e. The van der Waals surface area contributed by atoms with Crippen LogP contribution in [0.2, 0.25) is 0 Å². The van der Waals surface area contributed by atoms with Crippen molar-refractivity contribution in [2.45, 2.75) is 24.7 Å². The molecule has 1 aromatic carbocycles. The predicted molar refractivity (Wildman–Crippen MR) is 106 cm³/mol. The molecule has 1 aliphatic heterocycles. The lowest BCUT2D eigenvalue weighted by Crippen LogP contribution is -2.42. The third-order valence-corrected chi connectivity index (χ3v) is 6.59. The average molecular weight is 388 g/mol. The third-order valence-electron chi connectivity index (χ3n) is 4.62. The molecule has 3 rings (SSSR count). The van der Waals surface area contributed by atoms with E-state index in [9.17, 15) is 14.4 Å². The summed E-state index contributed by atoms with van der Waals surface area (Å²) in [6.07, 6.45) is 3.58. The lowest BCUT2D eigenvalue weighted by Gasteiger charge is -2.32. The molecule has 0 unspecified atom stereocenters. The van der Waals surface area contributed by atoms with Gasteiger partial charge in [0.2, 0.25) is 0 Å². The monoisotopic (exact) mass is 387 g/mol. The number of amides is 1. The Labute approximate surface area is 161 Å². The summed E-state index contributed by atoms with van der Waals surface area (Å²) in [6.45, 7) is 2.59. The fraction of sp³-hybridized carbons (Fsp3) is 0.350. The zero-order valence-electron chi connectivity index (χ0n) is 14.9. The second kappa shape index (κ2) is 8.18. The number of hydrogen-bond acceptors (Lipinski definition) is 5. The topological polar surface area (TPSA) is 54.5 Å². The van der Waals surface area contributed by atoms with Gasteiger partial charge in [0.25, 0.3) is 5.91 Å². The first-order valence-corrected chi connectivity index (χ1v) is 10.6. The lowest BCUT2D eigenvalue weighted by molar-refractivity contribution is 0.0640. The van der Waals surface area contributed by atoms with Crippen LogP contribution in [0.15, 0.2) is 41.3 Å². The highest BCUT2D eigenvalue weighted by Gasteiger charge is 2.30. The first-order chi connectivity index (χ1) is 12.5. The lowest BCUT2D eigenvalue weighted by atomic mass is 9.90. The van der Waals surface area contributed by atoms with Gasteiger partial charge in [0.15, 0.2) is 11.6 Å². The van der Waals surface area contributed by atoms with Gasteiger partial charge in [-0.2, -0.15) is 0 Å². The molecule has 1 atom stereocenters. The van der Waals surface area contributed by atoms with Crippen LogP contribution in [0.1, 0.15) is 49.5 Å². The maximum Gasteiger partial charge on any atom is 0.263 e. The van der Waals surface area contributed by atoms with Gasteiger partial charge in [0.05, 0.1) is 9.75 Å².